The molecule has 0 heterocycles. The van der Waals surface area contributed by atoms with Crippen LogP contribution in [0.4, 0.5) is 13.2 Å². The minimum Gasteiger partial charge on any atom is -0.459 e. The van der Waals surface area contributed by atoms with E-state index in [0.29, 0.717) is 25.7 Å². The smallest absolute Gasteiger partial charge is 0.408 e. The number of carbonyl (C=O) groups excluding carboxylic acids is 2. The Balaban J connectivity index is 2.11. The Morgan fingerprint density at radius 2 is 1.61 bits per heavy atom. The van der Waals surface area contributed by atoms with Crippen LogP contribution in [0.5, 0.6) is 0 Å². The van der Waals surface area contributed by atoms with Crippen molar-refractivity contribution < 1.29 is 45.2 Å². The maximum atomic E-state index is 13.7. The minimum atomic E-state index is -5.99. The number of esters is 2. The summed E-state index contributed by atoms with van der Waals surface area (Å²) in [5.41, 5.74) is -0.636. The van der Waals surface area contributed by atoms with Gasteiger partial charge in [0.05, 0.1) is 11.8 Å². The van der Waals surface area contributed by atoms with Crippen molar-refractivity contribution in [3.05, 3.63) is 0 Å². The van der Waals surface area contributed by atoms with Crippen molar-refractivity contribution in [3.8, 4) is 0 Å². The number of hydrogen-bond donors (Lipinski definition) is 1. The van der Waals surface area contributed by atoms with Crippen LogP contribution < -0.4 is 0 Å². The summed E-state index contributed by atoms with van der Waals surface area (Å²) in [6.45, 7) is -0.224. The quantitative estimate of drug-likeness (QED) is 0.489. The van der Waals surface area contributed by atoms with E-state index in [4.69, 9.17) is 9.29 Å². The highest BCUT2D eigenvalue weighted by atomic mass is 32.2. The molecule has 2 saturated carbocycles. The zero-order chi connectivity index (χ0) is 21.2. The van der Waals surface area contributed by atoms with Crippen molar-refractivity contribution >= 4 is 22.1 Å². The molecule has 7 nitrogen and oxygen atoms in total. The van der Waals surface area contributed by atoms with Crippen molar-refractivity contribution in [1.29, 1.82) is 0 Å². The fourth-order valence-electron chi connectivity index (χ4n) is 3.82. The summed E-state index contributed by atoms with van der Waals surface area (Å²) >= 11 is 0. The Morgan fingerprint density at radius 3 is 2.07 bits per heavy atom. The molecule has 1 N–H and O–H groups in total. The molecule has 3 unspecified atom stereocenters. The normalized spacial score (nSPS) is 26.5. The molecule has 2 rings (SSSR count). The van der Waals surface area contributed by atoms with Gasteiger partial charge in [0.2, 0.25) is 6.10 Å². The van der Waals surface area contributed by atoms with E-state index in [9.17, 15) is 31.2 Å². The molecule has 0 aromatic heterocycles. The highest BCUT2D eigenvalue weighted by Gasteiger charge is 2.55. The molecular formula is C17H25F3O7S. The lowest BCUT2D eigenvalue weighted by Crippen LogP contribution is -2.47. The third-order valence-electron chi connectivity index (χ3n) is 5.50. The summed E-state index contributed by atoms with van der Waals surface area (Å²) in [7, 11) is -5.99. The second-order valence-corrected chi connectivity index (χ2v) is 9.19. The van der Waals surface area contributed by atoms with E-state index < -0.39 is 57.5 Å². The molecule has 2 fully saturated rings. The predicted molar refractivity (Wildman–Crippen MR) is 90.8 cm³/mol. The van der Waals surface area contributed by atoms with E-state index in [1.165, 1.54) is 0 Å². The van der Waals surface area contributed by atoms with Crippen LogP contribution in [0.3, 0.4) is 0 Å². The van der Waals surface area contributed by atoms with Gasteiger partial charge in [-0.3, -0.25) is 14.1 Å². The first-order valence-corrected chi connectivity index (χ1v) is 10.7. The standard InChI is InChI=1S/C17H25F3O7S/c1-16(8-4-5-9-16)27-15(22)12-7-3-2-6-11(12)14(21)26-13(10-18)17(19,20)28(23,24)25/h11-13H,2-10H2,1H3,(H,23,24,25). The Hall–Kier alpha value is -1.36. The van der Waals surface area contributed by atoms with Crippen LogP contribution in [0.25, 0.3) is 0 Å². The number of halogens is 3. The van der Waals surface area contributed by atoms with Crippen LogP contribution in [0.1, 0.15) is 58.3 Å². The SMILES string of the molecule is CC1(OC(=O)C2CCCCC2C(=O)OC(CF)C(F)(F)S(=O)(=O)O)CCCC1. The van der Waals surface area contributed by atoms with Crippen LogP contribution in [0, 0.1) is 11.8 Å². The molecule has 0 radical (unpaired) electrons. The van der Waals surface area contributed by atoms with Crippen molar-refractivity contribution in [2.45, 2.75) is 75.2 Å². The molecule has 0 aromatic carbocycles. The van der Waals surface area contributed by atoms with E-state index in [1.54, 1.807) is 6.92 Å². The average Bonchev–Trinajstić information content (AvgIpc) is 3.04. The first-order valence-electron chi connectivity index (χ1n) is 9.25. The fourth-order valence-corrected chi connectivity index (χ4v) is 4.27. The zero-order valence-electron chi connectivity index (χ0n) is 15.5. The van der Waals surface area contributed by atoms with E-state index in [1.807, 2.05) is 0 Å². The molecular weight excluding hydrogens is 405 g/mol. The van der Waals surface area contributed by atoms with Gasteiger partial charge in [0.15, 0.2) is 0 Å². The molecule has 0 spiro atoms. The van der Waals surface area contributed by atoms with Gasteiger partial charge >= 0.3 is 27.3 Å². The van der Waals surface area contributed by atoms with Gasteiger partial charge in [-0.1, -0.05) is 12.8 Å². The van der Waals surface area contributed by atoms with Gasteiger partial charge in [-0.25, -0.2) is 4.39 Å². The third kappa shape index (κ3) is 4.97. The maximum Gasteiger partial charge on any atom is 0.408 e. The lowest BCUT2D eigenvalue weighted by molar-refractivity contribution is -0.180. The molecule has 0 bridgehead atoms. The topological polar surface area (TPSA) is 107 Å². The number of ether oxygens (including phenoxy) is 2. The van der Waals surface area contributed by atoms with Gasteiger partial charge in [-0.05, 0) is 45.4 Å². The molecule has 2 aliphatic rings. The highest BCUT2D eigenvalue weighted by Crippen LogP contribution is 2.38. The molecule has 11 heteroatoms. The largest absolute Gasteiger partial charge is 0.459 e. The van der Waals surface area contributed by atoms with Gasteiger partial charge in [0.25, 0.3) is 0 Å². The second kappa shape index (κ2) is 8.56. The third-order valence-corrected chi connectivity index (χ3v) is 6.45. The van der Waals surface area contributed by atoms with Crippen molar-refractivity contribution in [1.82, 2.24) is 0 Å². The van der Waals surface area contributed by atoms with Crippen LogP contribution >= 0.6 is 0 Å². The average molecular weight is 430 g/mol. The maximum absolute atomic E-state index is 13.7. The molecule has 0 aliphatic heterocycles. The number of alkyl halides is 3. The molecule has 0 aromatic rings. The van der Waals surface area contributed by atoms with Crippen molar-refractivity contribution in [3.63, 3.8) is 0 Å². The van der Waals surface area contributed by atoms with Gasteiger partial charge < -0.3 is 9.47 Å². The van der Waals surface area contributed by atoms with E-state index in [2.05, 4.69) is 4.74 Å². The van der Waals surface area contributed by atoms with E-state index >= 15 is 0 Å². The Labute approximate surface area is 161 Å². The lowest BCUT2D eigenvalue weighted by atomic mass is 9.79. The molecule has 0 amide bonds. The summed E-state index contributed by atoms with van der Waals surface area (Å²) in [4.78, 5) is 25.0. The number of carbonyl (C=O) groups is 2. The van der Waals surface area contributed by atoms with Gasteiger partial charge in [-0.15, -0.1) is 0 Å². The van der Waals surface area contributed by atoms with Gasteiger partial charge in [-0.2, -0.15) is 17.2 Å². The molecule has 162 valence electrons. The lowest BCUT2D eigenvalue weighted by Gasteiger charge is -2.33. The van der Waals surface area contributed by atoms with Crippen LogP contribution in [0.15, 0.2) is 0 Å². The predicted octanol–water partition coefficient (Wildman–Crippen LogP) is 3.03. The fraction of sp³-hybridized carbons (Fsp3) is 0.882. The summed E-state index contributed by atoms with van der Waals surface area (Å²) in [6, 6.07) is 0. The monoisotopic (exact) mass is 430 g/mol. The molecule has 3 atom stereocenters. The zero-order valence-corrected chi connectivity index (χ0v) is 16.4. The van der Waals surface area contributed by atoms with E-state index in [0.717, 1.165) is 12.8 Å². The number of hydrogen-bond acceptors (Lipinski definition) is 6. The second-order valence-electron chi connectivity index (χ2n) is 7.69. The first-order chi connectivity index (χ1) is 12.9. The van der Waals surface area contributed by atoms with E-state index in [-0.39, 0.29) is 12.8 Å². The number of rotatable bonds is 7. The Kier molecular flexibility index (Phi) is 7.01. The van der Waals surface area contributed by atoms with Crippen LogP contribution in [-0.2, 0) is 29.2 Å². The van der Waals surface area contributed by atoms with Gasteiger partial charge in [0, 0.05) is 0 Å². The van der Waals surface area contributed by atoms with Crippen LogP contribution in [-0.4, -0.2) is 48.5 Å². The molecule has 28 heavy (non-hydrogen) atoms. The first kappa shape index (κ1) is 22.9. The van der Waals surface area contributed by atoms with Crippen molar-refractivity contribution in [2.75, 3.05) is 6.67 Å². The summed E-state index contributed by atoms with van der Waals surface area (Å²) in [5, 5.41) is -5.00. The molecule has 2 aliphatic carbocycles. The summed E-state index contributed by atoms with van der Waals surface area (Å²) in [6.07, 6.45) is 1.75. The molecule has 0 saturated heterocycles. The Morgan fingerprint density at radius 1 is 1.11 bits per heavy atom. The minimum absolute atomic E-state index is 0.145. The summed E-state index contributed by atoms with van der Waals surface area (Å²) < 4.78 is 80.4. The Bertz CT molecular complexity index is 689. The van der Waals surface area contributed by atoms with Crippen molar-refractivity contribution in [2.24, 2.45) is 11.8 Å². The van der Waals surface area contributed by atoms with Crippen LogP contribution in [0.2, 0.25) is 0 Å². The van der Waals surface area contributed by atoms with Gasteiger partial charge in [0.1, 0.15) is 12.3 Å². The highest BCUT2D eigenvalue weighted by molar-refractivity contribution is 7.86. The summed E-state index contributed by atoms with van der Waals surface area (Å²) in [5.74, 6) is -4.01.